The number of rotatable bonds is 3. The van der Waals surface area contributed by atoms with Crippen molar-refractivity contribution >= 4 is 37.5 Å². The molecule has 0 aliphatic heterocycles. The lowest BCUT2D eigenvalue weighted by Gasteiger charge is -2.10. The third kappa shape index (κ3) is 3.33. The minimum absolute atomic E-state index is 0.239. The lowest BCUT2D eigenvalue weighted by Crippen LogP contribution is -2.01. The van der Waals surface area contributed by atoms with Crippen LogP contribution in [0.3, 0.4) is 0 Å². The standard InChI is InChI=1S/C14H12Br2FN/c1-9-2-4-11(15)7-14(9)18-8-10-3-5-13(17)12(16)6-10/h2-7,18H,8H2,1H3. The molecule has 0 unspecified atom stereocenters. The monoisotopic (exact) mass is 371 g/mol. The predicted octanol–water partition coefficient (Wildman–Crippen LogP) is 5.27. The van der Waals surface area contributed by atoms with Crippen LogP contribution >= 0.6 is 31.9 Å². The van der Waals surface area contributed by atoms with Crippen LogP contribution in [-0.2, 0) is 6.54 Å². The third-order valence-corrected chi connectivity index (χ3v) is 3.77. The summed E-state index contributed by atoms with van der Waals surface area (Å²) in [4.78, 5) is 0. The van der Waals surface area contributed by atoms with E-state index in [1.165, 1.54) is 11.6 Å². The fraction of sp³-hybridized carbons (Fsp3) is 0.143. The molecule has 0 aliphatic rings. The van der Waals surface area contributed by atoms with E-state index in [0.29, 0.717) is 11.0 Å². The molecule has 4 heteroatoms. The Kier molecular flexibility index (Phi) is 4.40. The first-order valence-electron chi connectivity index (χ1n) is 5.50. The summed E-state index contributed by atoms with van der Waals surface area (Å²) < 4.78 is 14.6. The van der Waals surface area contributed by atoms with E-state index >= 15 is 0 Å². The number of nitrogens with one attached hydrogen (secondary N) is 1. The summed E-state index contributed by atoms with van der Waals surface area (Å²) in [5.74, 6) is -0.239. The van der Waals surface area contributed by atoms with Crippen LogP contribution in [0.15, 0.2) is 45.3 Å². The van der Waals surface area contributed by atoms with E-state index in [4.69, 9.17) is 0 Å². The number of hydrogen-bond acceptors (Lipinski definition) is 1. The molecule has 1 nitrogen and oxygen atoms in total. The lowest BCUT2D eigenvalue weighted by atomic mass is 10.2. The van der Waals surface area contributed by atoms with Gasteiger partial charge in [-0.25, -0.2) is 4.39 Å². The quantitative estimate of drug-likeness (QED) is 0.773. The highest BCUT2D eigenvalue weighted by Crippen LogP contribution is 2.22. The molecule has 0 aromatic heterocycles. The average Bonchev–Trinajstić information content (AvgIpc) is 2.34. The molecule has 0 atom stereocenters. The van der Waals surface area contributed by atoms with Gasteiger partial charge >= 0.3 is 0 Å². The number of halogens is 3. The summed E-state index contributed by atoms with van der Waals surface area (Å²) in [6.45, 7) is 2.71. The van der Waals surface area contributed by atoms with Gasteiger partial charge in [0.15, 0.2) is 0 Å². The van der Waals surface area contributed by atoms with Crippen molar-refractivity contribution in [2.75, 3.05) is 5.32 Å². The molecular formula is C14H12Br2FN. The molecule has 0 saturated carbocycles. The highest BCUT2D eigenvalue weighted by molar-refractivity contribution is 9.10. The van der Waals surface area contributed by atoms with Crippen molar-refractivity contribution in [1.82, 2.24) is 0 Å². The Labute approximate surface area is 123 Å². The second kappa shape index (κ2) is 5.85. The zero-order valence-electron chi connectivity index (χ0n) is 9.81. The first-order valence-corrected chi connectivity index (χ1v) is 7.09. The molecule has 0 bridgehead atoms. The zero-order valence-corrected chi connectivity index (χ0v) is 13.0. The summed E-state index contributed by atoms with van der Waals surface area (Å²) >= 11 is 6.63. The van der Waals surface area contributed by atoms with Crippen LogP contribution in [0, 0.1) is 12.7 Å². The molecule has 0 amide bonds. The van der Waals surface area contributed by atoms with Crippen LogP contribution in [0.5, 0.6) is 0 Å². The maximum atomic E-state index is 13.1. The fourth-order valence-corrected chi connectivity index (χ4v) is 2.42. The molecular weight excluding hydrogens is 361 g/mol. The molecule has 2 aromatic carbocycles. The van der Waals surface area contributed by atoms with Crippen molar-refractivity contribution in [3.8, 4) is 0 Å². The smallest absolute Gasteiger partial charge is 0.137 e. The number of benzene rings is 2. The van der Waals surface area contributed by atoms with Crippen LogP contribution in [0.1, 0.15) is 11.1 Å². The molecule has 2 rings (SSSR count). The topological polar surface area (TPSA) is 12.0 Å². The van der Waals surface area contributed by atoms with Gasteiger partial charge in [0.2, 0.25) is 0 Å². The summed E-state index contributed by atoms with van der Waals surface area (Å²) in [7, 11) is 0. The van der Waals surface area contributed by atoms with Gasteiger partial charge in [-0.2, -0.15) is 0 Å². The Morgan fingerprint density at radius 3 is 2.61 bits per heavy atom. The van der Waals surface area contributed by atoms with Gasteiger partial charge in [0.1, 0.15) is 5.82 Å². The van der Waals surface area contributed by atoms with Crippen LogP contribution in [-0.4, -0.2) is 0 Å². The van der Waals surface area contributed by atoms with Gasteiger partial charge in [0.25, 0.3) is 0 Å². The van der Waals surface area contributed by atoms with E-state index in [9.17, 15) is 4.39 Å². The largest absolute Gasteiger partial charge is 0.381 e. The van der Waals surface area contributed by atoms with Crippen LogP contribution in [0.4, 0.5) is 10.1 Å². The SMILES string of the molecule is Cc1ccc(Br)cc1NCc1ccc(F)c(Br)c1. The van der Waals surface area contributed by atoms with Crippen LogP contribution in [0.25, 0.3) is 0 Å². The lowest BCUT2D eigenvalue weighted by molar-refractivity contribution is 0.620. The highest BCUT2D eigenvalue weighted by atomic mass is 79.9. The molecule has 0 spiro atoms. The van der Waals surface area contributed by atoms with E-state index in [1.807, 2.05) is 18.2 Å². The molecule has 0 fully saturated rings. The molecule has 0 radical (unpaired) electrons. The normalized spacial score (nSPS) is 10.4. The second-order valence-corrected chi connectivity index (χ2v) is 5.83. The molecule has 18 heavy (non-hydrogen) atoms. The minimum atomic E-state index is -0.239. The van der Waals surface area contributed by atoms with Crippen LogP contribution in [0.2, 0.25) is 0 Å². The summed E-state index contributed by atoms with van der Waals surface area (Å²) in [6, 6.07) is 11.1. The Morgan fingerprint density at radius 2 is 1.89 bits per heavy atom. The summed E-state index contributed by atoms with van der Waals surface area (Å²) in [6.07, 6.45) is 0. The summed E-state index contributed by atoms with van der Waals surface area (Å²) in [5, 5.41) is 3.34. The van der Waals surface area contributed by atoms with Gasteiger partial charge in [-0.3, -0.25) is 0 Å². The van der Waals surface area contributed by atoms with Gasteiger partial charge in [-0.15, -0.1) is 0 Å². The van der Waals surface area contributed by atoms with Crippen molar-refractivity contribution in [3.63, 3.8) is 0 Å². The second-order valence-electron chi connectivity index (χ2n) is 4.06. The number of anilines is 1. The number of hydrogen-bond donors (Lipinski definition) is 1. The zero-order chi connectivity index (χ0) is 13.1. The third-order valence-electron chi connectivity index (χ3n) is 2.67. The van der Waals surface area contributed by atoms with Gasteiger partial charge in [-0.05, 0) is 58.2 Å². The minimum Gasteiger partial charge on any atom is -0.381 e. The molecule has 0 heterocycles. The fourth-order valence-electron chi connectivity index (χ4n) is 1.63. The molecule has 94 valence electrons. The first-order chi connectivity index (χ1) is 8.56. The number of aryl methyl sites for hydroxylation is 1. The van der Waals surface area contributed by atoms with E-state index in [2.05, 4.69) is 44.1 Å². The maximum Gasteiger partial charge on any atom is 0.137 e. The van der Waals surface area contributed by atoms with E-state index in [0.717, 1.165) is 15.7 Å². The van der Waals surface area contributed by atoms with Crippen molar-refractivity contribution in [1.29, 1.82) is 0 Å². The highest BCUT2D eigenvalue weighted by Gasteiger charge is 2.02. The van der Waals surface area contributed by atoms with Gasteiger partial charge in [0.05, 0.1) is 4.47 Å². The Morgan fingerprint density at radius 1 is 1.11 bits per heavy atom. The van der Waals surface area contributed by atoms with Gasteiger partial charge in [-0.1, -0.05) is 28.1 Å². The Balaban J connectivity index is 2.11. The maximum absolute atomic E-state index is 13.1. The van der Waals surface area contributed by atoms with Crippen molar-refractivity contribution in [3.05, 3.63) is 62.3 Å². The molecule has 1 N–H and O–H groups in total. The molecule has 0 saturated heterocycles. The van der Waals surface area contributed by atoms with E-state index in [1.54, 1.807) is 12.1 Å². The molecule has 0 aliphatic carbocycles. The Bertz CT molecular complexity index is 570. The average molecular weight is 373 g/mol. The predicted molar refractivity (Wildman–Crippen MR) is 80.3 cm³/mol. The van der Waals surface area contributed by atoms with Gasteiger partial charge < -0.3 is 5.32 Å². The van der Waals surface area contributed by atoms with Gasteiger partial charge in [0, 0.05) is 16.7 Å². The van der Waals surface area contributed by atoms with Crippen molar-refractivity contribution < 1.29 is 4.39 Å². The summed E-state index contributed by atoms with van der Waals surface area (Å²) in [5.41, 5.74) is 3.28. The Hall–Kier alpha value is -0.870. The van der Waals surface area contributed by atoms with Crippen LogP contribution < -0.4 is 5.32 Å². The van der Waals surface area contributed by atoms with E-state index < -0.39 is 0 Å². The first kappa shape index (κ1) is 13.6. The van der Waals surface area contributed by atoms with Crippen molar-refractivity contribution in [2.24, 2.45) is 0 Å². The van der Waals surface area contributed by atoms with Crippen molar-refractivity contribution in [2.45, 2.75) is 13.5 Å². The molecule has 2 aromatic rings. The van der Waals surface area contributed by atoms with E-state index in [-0.39, 0.29) is 5.82 Å².